The maximum Gasteiger partial charge on any atom is 0.303 e. The van der Waals surface area contributed by atoms with Crippen LogP contribution in [0, 0.1) is 11.5 Å². The highest BCUT2D eigenvalue weighted by molar-refractivity contribution is 6.83. The van der Waals surface area contributed by atoms with Gasteiger partial charge in [-0.1, -0.05) is 37.7 Å². The molecular formula is C16H23NO2Si. The quantitative estimate of drug-likeness (QED) is 0.481. The van der Waals surface area contributed by atoms with Crippen LogP contribution in [0.1, 0.15) is 24.0 Å². The Morgan fingerprint density at radius 1 is 1.25 bits per heavy atom. The van der Waals surface area contributed by atoms with Gasteiger partial charge in [-0.05, 0) is 30.7 Å². The molecule has 20 heavy (non-hydrogen) atoms. The molecule has 0 radical (unpaired) electrons. The van der Waals surface area contributed by atoms with Gasteiger partial charge in [0, 0.05) is 18.5 Å². The first kappa shape index (κ1) is 16.5. The number of aliphatic carboxylic acids is 1. The van der Waals surface area contributed by atoms with Gasteiger partial charge in [0.05, 0.1) is 0 Å². The highest BCUT2D eigenvalue weighted by Gasteiger charge is 2.07. The van der Waals surface area contributed by atoms with E-state index < -0.39 is 14.0 Å². The van der Waals surface area contributed by atoms with Gasteiger partial charge in [0.15, 0.2) is 0 Å². The predicted octanol–water partition coefficient (Wildman–Crippen LogP) is 2.87. The third kappa shape index (κ3) is 7.77. The number of rotatable bonds is 6. The zero-order valence-corrected chi connectivity index (χ0v) is 13.5. The number of hydrogen-bond acceptors (Lipinski definition) is 2. The molecule has 0 unspecified atom stereocenters. The zero-order chi connectivity index (χ0) is 15.0. The number of benzene rings is 1. The second-order valence-corrected chi connectivity index (χ2v) is 10.6. The first-order valence-electron chi connectivity index (χ1n) is 6.91. The first-order chi connectivity index (χ1) is 9.37. The summed E-state index contributed by atoms with van der Waals surface area (Å²) in [7, 11) is -1.31. The summed E-state index contributed by atoms with van der Waals surface area (Å²) in [5.41, 5.74) is 5.60. The van der Waals surface area contributed by atoms with E-state index in [-0.39, 0.29) is 6.42 Å². The maximum absolute atomic E-state index is 10.4. The molecule has 2 N–H and O–H groups in total. The molecule has 0 aromatic heterocycles. The number of hydrogen-bond donors (Lipinski definition) is 2. The summed E-state index contributed by atoms with van der Waals surface area (Å²) in [6.07, 6.45) is 0.882. The molecule has 108 valence electrons. The van der Waals surface area contributed by atoms with Crippen LogP contribution in [0.15, 0.2) is 24.3 Å². The van der Waals surface area contributed by atoms with Gasteiger partial charge >= 0.3 is 5.97 Å². The molecule has 0 fully saturated rings. The molecule has 0 saturated carbocycles. The van der Waals surface area contributed by atoms with Gasteiger partial charge < -0.3 is 10.4 Å². The van der Waals surface area contributed by atoms with E-state index in [0.717, 1.165) is 18.7 Å². The van der Waals surface area contributed by atoms with Crippen LogP contribution in [0.2, 0.25) is 19.6 Å². The zero-order valence-electron chi connectivity index (χ0n) is 12.5. The Morgan fingerprint density at radius 3 is 2.45 bits per heavy atom. The molecule has 1 rings (SSSR count). The van der Waals surface area contributed by atoms with Crippen LogP contribution in [-0.4, -0.2) is 25.7 Å². The summed E-state index contributed by atoms with van der Waals surface area (Å²) in [5.74, 6) is 2.49. The summed E-state index contributed by atoms with van der Waals surface area (Å²) in [6, 6.07) is 8.22. The van der Waals surface area contributed by atoms with Gasteiger partial charge in [-0.3, -0.25) is 4.79 Å². The molecule has 0 amide bonds. The van der Waals surface area contributed by atoms with Crippen molar-refractivity contribution in [1.82, 2.24) is 5.32 Å². The van der Waals surface area contributed by atoms with Crippen molar-refractivity contribution in [3.63, 3.8) is 0 Å². The highest BCUT2D eigenvalue weighted by atomic mass is 28.3. The molecule has 0 heterocycles. The molecule has 0 atom stereocenters. The normalized spacial score (nSPS) is 10.8. The lowest BCUT2D eigenvalue weighted by molar-refractivity contribution is -0.137. The van der Waals surface area contributed by atoms with Crippen molar-refractivity contribution in [3.8, 4) is 11.5 Å². The van der Waals surface area contributed by atoms with Crippen LogP contribution in [0.4, 0.5) is 0 Å². The standard InChI is InChI=1S/C16H23NO2Si/c1-20(2,3)12-10-14-6-8-15(9-7-14)13-17-11-4-5-16(18)19/h6-9,17H,4-5,11,13H2,1-3H3,(H,18,19). The monoisotopic (exact) mass is 289 g/mol. The Bertz CT molecular complexity index is 492. The molecule has 4 heteroatoms. The third-order valence-electron chi connectivity index (χ3n) is 2.61. The summed E-state index contributed by atoms with van der Waals surface area (Å²) < 4.78 is 0. The minimum Gasteiger partial charge on any atom is -0.481 e. The fourth-order valence-corrected chi connectivity index (χ4v) is 2.08. The largest absolute Gasteiger partial charge is 0.481 e. The van der Waals surface area contributed by atoms with Crippen molar-refractivity contribution in [2.45, 2.75) is 39.0 Å². The Hall–Kier alpha value is -1.57. The smallest absolute Gasteiger partial charge is 0.303 e. The molecule has 0 aliphatic heterocycles. The second kappa shape index (κ2) is 7.88. The third-order valence-corrected chi connectivity index (χ3v) is 3.48. The van der Waals surface area contributed by atoms with Crippen molar-refractivity contribution in [3.05, 3.63) is 35.4 Å². The maximum atomic E-state index is 10.4. The minimum atomic E-state index is -1.31. The van der Waals surface area contributed by atoms with Crippen LogP contribution in [0.25, 0.3) is 0 Å². The van der Waals surface area contributed by atoms with Gasteiger partial charge in [-0.25, -0.2) is 0 Å². The van der Waals surface area contributed by atoms with Crippen LogP contribution in [0.5, 0.6) is 0 Å². The predicted molar refractivity (Wildman–Crippen MR) is 85.2 cm³/mol. The van der Waals surface area contributed by atoms with Crippen LogP contribution >= 0.6 is 0 Å². The van der Waals surface area contributed by atoms with Crippen molar-refractivity contribution in [1.29, 1.82) is 0 Å². The molecule has 0 aliphatic rings. The Morgan fingerprint density at radius 2 is 1.90 bits per heavy atom. The van der Waals surface area contributed by atoms with E-state index in [4.69, 9.17) is 5.11 Å². The lowest BCUT2D eigenvalue weighted by atomic mass is 10.1. The van der Waals surface area contributed by atoms with Crippen molar-refractivity contribution in [2.75, 3.05) is 6.54 Å². The fraction of sp³-hybridized carbons (Fsp3) is 0.438. The Balaban J connectivity index is 2.39. The van der Waals surface area contributed by atoms with Crippen molar-refractivity contribution >= 4 is 14.0 Å². The van der Waals surface area contributed by atoms with Gasteiger partial charge in [0.2, 0.25) is 0 Å². The van der Waals surface area contributed by atoms with Gasteiger partial charge in [0.25, 0.3) is 0 Å². The number of carboxylic acid groups (broad SMARTS) is 1. The first-order valence-corrected chi connectivity index (χ1v) is 10.4. The molecule has 0 aliphatic carbocycles. The van der Waals surface area contributed by atoms with Crippen molar-refractivity contribution < 1.29 is 9.90 Å². The topological polar surface area (TPSA) is 49.3 Å². The lowest BCUT2D eigenvalue weighted by Crippen LogP contribution is -2.16. The van der Waals surface area contributed by atoms with Gasteiger partial charge in [-0.2, -0.15) is 0 Å². The highest BCUT2D eigenvalue weighted by Crippen LogP contribution is 2.04. The molecule has 1 aromatic carbocycles. The van der Waals surface area contributed by atoms with Crippen LogP contribution in [0.3, 0.4) is 0 Å². The summed E-state index contributed by atoms with van der Waals surface area (Å²) in [6.45, 7) is 8.19. The molecular weight excluding hydrogens is 266 g/mol. The molecule has 3 nitrogen and oxygen atoms in total. The SMILES string of the molecule is C[Si](C)(C)C#Cc1ccc(CNCCCC(=O)O)cc1. The van der Waals surface area contributed by atoms with E-state index in [1.807, 2.05) is 12.1 Å². The van der Waals surface area contributed by atoms with Crippen LogP contribution in [-0.2, 0) is 11.3 Å². The molecule has 0 spiro atoms. The van der Waals surface area contributed by atoms with Crippen LogP contribution < -0.4 is 5.32 Å². The Kier molecular flexibility index (Phi) is 6.49. The average molecular weight is 289 g/mol. The number of carboxylic acids is 1. The van der Waals surface area contributed by atoms with E-state index >= 15 is 0 Å². The summed E-state index contributed by atoms with van der Waals surface area (Å²) in [4.78, 5) is 10.4. The molecule has 0 saturated heterocycles. The molecule has 0 bridgehead atoms. The number of carbonyl (C=O) groups is 1. The summed E-state index contributed by atoms with van der Waals surface area (Å²) in [5, 5.41) is 11.8. The Labute approximate surface area is 122 Å². The number of nitrogens with one attached hydrogen (secondary N) is 1. The van der Waals surface area contributed by atoms with E-state index in [1.165, 1.54) is 5.56 Å². The fourth-order valence-electron chi connectivity index (χ4n) is 1.56. The molecule has 1 aromatic rings. The van der Waals surface area contributed by atoms with E-state index in [2.05, 4.69) is 48.6 Å². The van der Waals surface area contributed by atoms with Gasteiger partial charge in [0.1, 0.15) is 8.07 Å². The van der Waals surface area contributed by atoms with E-state index in [1.54, 1.807) is 0 Å². The van der Waals surface area contributed by atoms with E-state index in [0.29, 0.717) is 6.42 Å². The lowest BCUT2D eigenvalue weighted by Gasteiger charge is -2.05. The van der Waals surface area contributed by atoms with Gasteiger partial charge in [-0.15, -0.1) is 5.54 Å². The van der Waals surface area contributed by atoms with Crippen molar-refractivity contribution in [2.24, 2.45) is 0 Å². The van der Waals surface area contributed by atoms with E-state index in [9.17, 15) is 4.79 Å². The summed E-state index contributed by atoms with van der Waals surface area (Å²) >= 11 is 0. The second-order valence-electron chi connectivity index (χ2n) is 5.87. The average Bonchev–Trinajstić information content (AvgIpc) is 2.36. The minimum absolute atomic E-state index is 0.220.